The number of nitrogens with one attached hydrogen (secondary N) is 1. The number of fused-ring (bicyclic) bond motifs is 1. The van der Waals surface area contributed by atoms with E-state index in [0.717, 1.165) is 25.7 Å². The van der Waals surface area contributed by atoms with Crippen molar-refractivity contribution in [1.82, 2.24) is 4.72 Å². The van der Waals surface area contributed by atoms with E-state index in [1.807, 2.05) is 6.07 Å². The van der Waals surface area contributed by atoms with Crippen molar-refractivity contribution in [3.8, 4) is 0 Å². The lowest BCUT2D eigenvalue weighted by molar-refractivity contribution is 0.306. The molecule has 1 aliphatic heterocycles. The molecule has 1 aromatic carbocycles. The Labute approximate surface area is 119 Å². The van der Waals surface area contributed by atoms with Crippen LogP contribution in [0.1, 0.15) is 37.7 Å². The Morgan fingerprint density at radius 3 is 2.60 bits per heavy atom. The summed E-state index contributed by atoms with van der Waals surface area (Å²) in [5.41, 5.74) is 6.27. The minimum atomic E-state index is -3.46. The van der Waals surface area contributed by atoms with Gasteiger partial charge in [-0.2, -0.15) is 0 Å². The molecular formula is C14H19N3O2S. The molecule has 1 aromatic rings. The topological polar surface area (TPSA) is 84.5 Å². The molecule has 3 rings (SSSR count). The fraction of sp³-hybridized carbons (Fsp3) is 0.500. The van der Waals surface area contributed by atoms with Crippen LogP contribution in [0.15, 0.2) is 34.2 Å². The maximum Gasteiger partial charge on any atom is 0.263 e. The van der Waals surface area contributed by atoms with Crippen molar-refractivity contribution in [2.75, 3.05) is 6.54 Å². The Kier molecular flexibility index (Phi) is 3.30. The van der Waals surface area contributed by atoms with Gasteiger partial charge in [-0.1, -0.05) is 31.4 Å². The molecule has 2 aliphatic rings. The third kappa shape index (κ3) is 2.23. The van der Waals surface area contributed by atoms with Gasteiger partial charge in [-0.25, -0.2) is 8.42 Å². The van der Waals surface area contributed by atoms with Crippen LogP contribution in [-0.2, 0) is 10.0 Å². The van der Waals surface area contributed by atoms with E-state index in [9.17, 15) is 8.42 Å². The molecule has 108 valence electrons. The SMILES string of the molecule is NCC1(N=C2NS(=O)(=O)c3ccccc32)CCCCC1. The number of nitrogens with two attached hydrogens (primary N) is 1. The van der Waals surface area contributed by atoms with Crippen LogP contribution in [0.3, 0.4) is 0 Å². The molecule has 20 heavy (non-hydrogen) atoms. The van der Waals surface area contributed by atoms with Gasteiger partial charge in [0.2, 0.25) is 0 Å². The average Bonchev–Trinajstić information content (AvgIpc) is 2.72. The molecule has 0 radical (unpaired) electrons. The molecule has 3 N–H and O–H groups in total. The zero-order valence-corrected chi connectivity index (χ0v) is 12.1. The van der Waals surface area contributed by atoms with Crippen molar-refractivity contribution >= 4 is 15.9 Å². The number of hydrogen-bond donors (Lipinski definition) is 2. The molecule has 0 aromatic heterocycles. The number of sulfonamides is 1. The summed E-state index contributed by atoms with van der Waals surface area (Å²) in [7, 11) is -3.46. The molecule has 1 saturated carbocycles. The second-order valence-corrected chi connectivity index (χ2v) is 7.20. The minimum absolute atomic E-state index is 0.307. The average molecular weight is 293 g/mol. The summed E-state index contributed by atoms with van der Waals surface area (Å²) in [6.07, 6.45) is 5.26. The molecule has 6 heteroatoms. The van der Waals surface area contributed by atoms with Crippen molar-refractivity contribution < 1.29 is 8.42 Å². The minimum Gasteiger partial charge on any atom is -0.328 e. The third-order valence-electron chi connectivity index (χ3n) is 4.18. The van der Waals surface area contributed by atoms with Gasteiger partial charge in [-0.3, -0.25) is 9.71 Å². The summed E-state index contributed by atoms with van der Waals surface area (Å²) in [5, 5.41) is 0. The fourth-order valence-electron chi connectivity index (χ4n) is 3.03. The molecule has 0 bridgehead atoms. The summed E-state index contributed by atoms with van der Waals surface area (Å²) in [4.78, 5) is 5.03. The third-order valence-corrected chi connectivity index (χ3v) is 5.57. The van der Waals surface area contributed by atoms with Crippen molar-refractivity contribution in [3.63, 3.8) is 0 Å². The first-order chi connectivity index (χ1) is 9.56. The highest BCUT2D eigenvalue weighted by Gasteiger charge is 2.35. The monoisotopic (exact) mass is 293 g/mol. The van der Waals surface area contributed by atoms with Crippen molar-refractivity contribution in [2.45, 2.75) is 42.5 Å². The molecule has 1 aliphatic carbocycles. The Morgan fingerprint density at radius 2 is 1.90 bits per heavy atom. The van der Waals surface area contributed by atoms with Crippen LogP contribution in [0.4, 0.5) is 0 Å². The lowest BCUT2D eigenvalue weighted by Gasteiger charge is -2.32. The molecule has 1 fully saturated rings. The fourth-order valence-corrected chi connectivity index (χ4v) is 4.26. The standard InChI is InChI=1S/C14H19N3O2S/c15-10-14(8-4-1-5-9-14)16-13-11-6-2-3-7-12(11)20(18,19)17-13/h2-3,6-7H,1,4-5,8-10,15H2,(H,16,17). The van der Waals surface area contributed by atoms with Gasteiger partial charge in [0.1, 0.15) is 5.84 Å². The first kappa shape index (κ1) is 13.6. The highest BCUT2D eigenvalue weighted by molar-refractivity contribution is 7.90. The first-order valence-electron chi connectivity index (χ1n) is 6.99. The summed E-state index contributed by atoms with van der Waals surface area (Å²) in [5.74, 6) is 0.452. The van der Waals surface area contributed by atoms with E-state index in [1.165, 1.54) is 6.42 Å². The van der Waals surface area contributed by atoms with E-state index in [4.69, 9.17) is 10.7 Å². The van der Waals surface area contributed by atoms with E-state index in [1.54, 1.807) is 18.2 Å². The van der Waals surface area contributed by atoms with Crippen LogP contribution in [-0.4, -0.2) is 26.3 Å². The summed E-state index contributed by atoms with van der Waals surface area (Å²) >= 11 is 0. The zero-order valence-electron chi connectivity index (χ0n) is 11.3. The van der Waals surface area contributed by atoms with E-state index >= 15 is 0 Å². The quantitative estimate of drug-likeness (QED) is 0.864. The summed E-state index contributed by atoms with van der Waals surface area (Å²) in [6.45, 7) is 0.459. The number of hydrogen-bond acceptors (Lipinski definition) is 4. The van der Waals surface area contributed by atoms with Gasteiger partial charge in [0.05, 0.1) is 10.4 Å². The molecule has 0 unspecified atom stereocenters. The van der Waals surface area contributed by atoms with Gasteiger partial charge in [0, 0.05) is 12.1 Å². The highest BCUT2D eigenvalue weighted by Crippen LogP contribution is 2.33. The van der Waals surface area contributed by atoms with Crippen LogP contribution in [0.25, 0.3) is 0 Å². The van der Waals surface area contributed by atoms with Gasteiger partial charge < -0.3 is 5.73 Å². The second kappa shape index (κ2) is 4.86. The molecule has 5 nitrogen and oxygen atoms in total. The molecule has 0 amide bonds. The molecule has 0 saturated heterocycles. The largest absolute Gasteiger partial charge is 0.328 e. The van der Waals surface area contributed by atoms with E-state index < -0.39 is 10.0 Å². The van der Waals surface area contributed by atoms with Crippen LogP contribution in [0.2, 0.25) is 0 Å². The lowest BCUT2D eigenvalue weighted by Crippen LogP contribution is -2.40. The predicted octanol–water partition coefficient (Wildman–Crippen LogP) is 1.39. The van der Waals surface area contributed by atoms with Gasteiger partial charge in [0.15, 0.2) is 0 Å². The van der Waals surface area contributed by atoms with E-state index in [2.05, 4.69) is 4.72 Å². The lowest BCUT2D eigenvalue weighted by atomic mass is 9.82. The maximum absolute atomic E-state index is 12.1. The Balaban J connectivity index is 2.05. The zero-order chi connectivity index (χ0) is 14.2. The maximum atomic E-state index is 12.1. The van der Waals surface area contributed by atoms with Crippen LogP contribution < -0.4 is 10.5 Å². The van der Waals surface area contributed by atoms with Gasteiger partial charge >= 0.3 is 0 Å². The highest BCUT2D eigenvalue weighted by atomic mass is 32.2. The first-order valence-corrected chi connectivity index (χ1v) is 8.47. The number of benzene rings is 1. The number of amidine groups is 1. The Morgan fingerprint density at radius 1 is 1.20 bits per heavy atom. The van der Waals surface area contributed by atoms with Crippen LogP contribution in [0, 0.1) is 0 Å². The van der Waals surface area contributed by atoms with Crippen LogP contribution in [0.5, 0.6) is 0 Å². The summed E-state index contributed by atoms with van der Waals surface area (Å²) < 4.78 is 26.7. The predicted molar refractivity (Wildman–Crippen MR) is 78.2 cm³/mol. The normalized spacial score (nSPS) is 25.1. The molecule has 1 heterocycles. The molecule has 0 spiro atoms. The summed E-state index contributed by atoms with van der Waals surface area (Å²) in [6, 6.07) is 6.95. The van der Waals surface area contributed by atoms with Crippen molar-refractivity contribution in [3.05, 3.63) is 29.8 Å². The van der Waals surface area contributed by atoms with Crippen LogP contribution >= 0.6 is 0 Å². The number of nitrogens with zero attached hydrogens (tertiary/aromatic N) is 1. The molecule has 0 atom stereocenters. The smallest absolute Gasteiger partial charge is 0.263 e. The Bertz CT molecular complexity index is 646. The van der Waals surface area contributed by atoms with Crippen molar-refractivity contribution in [2.24, 2.45) is 10.7 Å². The number of aliphatic imine (C=N–C) groups is 1. The second-order valence-electron chi connectivity index (χ2n) is 5.55. The van der Waals surface area contributed by atoms with Gasteiger partial charge in [-0.05, 0) is 25.0 Å². The number of rotatable bonds is 2. The van der Waals surface area contributed by atoms with E-state index in [0.29, 0.717) is 22.8 Å². The van der Waals surface area contributed by atoms with Gasteiger partial charge in [0.25, 0.3) is 10.0 Å². The molecular weight excluding hydrogens is 274 g/mol. The Hall–Kier alpha value is -1.40. The van der Waals surface area contributed by atoms with Gasteiger partial charge in [-0.15, -0.1) is 0 Å². The van der Waals surface area contributed by atoms with Crippen molar-refractivity contribution in [1.29, 1.82) is 0 Å². The van der Waals surface area contributed by atoms with E-state index in [-0.39, 0.29) is 5.54 Å².